The zero-order chi connectivity index (χ0) is 109. The van der Waals surface area contributed by atoms with Gasteiger partial charge in [-0.15, -0.1) is 0 Å². The molecule has 8 N–H and O–H groups in total. The highest BCUT2D eigenvalue weighted by molar-refractivity contribution is 7.44. The van der Waals surface area contributed by atoms with E-state index in [0.29, 0.717) is 45.1 Å². The molecule has 3 heterocycles. The molecule has 0 aromatic carbocycles. The lowest BCUT2D eigenvalue weighted by atomic mass is 9.96. The first-order valence-corrected chi connectivity index (χ1v) is 50.1. The lowest BCUT2D eigenvalue weighted by Gasteiger charge is -2.44. The second-order valence-corrected chi connectivity index (χ2v) is 35.5. The van der Waals surface area contributed by atoms with Crippen LogP contribution in [0.1, 0.15) is 181 Å². The zero-order valence-electron chi connectivity index (χ0n) is 87.2. The van der Waals surface area contributed by atoms with Gasteiger partial charge in [-0.1, -0.05) is 12.8 Å². The van der Waals surface area contributed by atoms with E-state index in [9.17, 15) is 81.5 Å². The molecule has 0 aromatic rings. The number of nitriles is 1. The van der Waals surface area contributed by atoms with Gasteiger partial charge in [-0.2, -0.15) is 5.26 Å². The third-order valence-corrected chi connectivity index (χ3v) is 22.8. The average Bonchev–Trinajstić information content (AvgIpc) is 0.792. The van der Waals surface area contributed by atoms with E-state index in [1.54, 1.807) is 0 Å². The summed E-state index contributed by atoms with van der Waals surface area (Å²) in [6.07, 6.45) is -11.1. The smallest absolute Gasteiger partial charge is 0.303 e. The molecule has 18 atom stereocenters. The van der Waals surface area contributed by atoms with Crippen molar-refractivity contribution >= 4 is 110 Å². The van der Waals surface area contributed by atoms with Crippen LogP contribution in [0.15, 0.2) is 0 Å². The van der Waals surface area contributed by atoms with Crippen molar-refractivity contribution < 1.29 is 204 Å². The van der Waals surface area contributed by atoms with Gasteiger partial charge in [0.05, 0.1) is 145 Å². The fourth-order valence-corrected chi connectivity index (χ4v) is 16.3. The van der Waals surface area contributed by atoms with Gasteiger partial charge in [-0.25, -0.2) is 4.67 Å². The van der Waals surface area contributed by atoms with E-state index in [1.807, 2.05) is 27.7 Å². The summed E-state index contributed by atoms with van der Waals surface area (Å²) in [4.78, 5) is 214. The first-order chi connectivity index (χ1) is 70.1. The normalized spacial score (nSPS) is 21.2. The Labute approximate surface area is 857 Å². The van der Waals surface area contributed by atoms with Crippen molar-refractivity contribution in [1.29, 1.82) is 5.26 Å². The lowest BCUT2D eigenvalue weighted by molar-refractivity contribution is -0.279. The number of nitrogens with one attached hydrogen (secondary N) is 8. The molecule has 3 aliphatic rings. The molecule has 53 nitrogen and oxygen atoms in total. The van der Waals surface area contributed by atoms with Crippen LogP contribution in [0, 0.1) is 11.3 Å². The predicted octanol–water partition coefficient (Wildman–Crippen LogP) is -0.334. The summed E-state index contributed by atoms with van der Waals surface area (Å²) in [7, 11) is -1.44. The largest absolute Gasteiger partial charge is 0.463 e. The third kappa shape index (κ3) is 59.4. The molecule has 147 heavy (non-hydrogen) atoms. The second-order valence-electron chi connectivity index (χ2n) is 34.1. The quantitative estimate of drug-likeness (QED) is 0.0167. The first-order valence-electron chi connectivity index (χ1n) is 49.0. The van der Waals surface area contributed by atoms with Crippen molar-refractivity contribution in [3.05, 3.63) is 0 Å². The van der Waals surface area contributed by atoms with Crippen LogP contribution in [-0.2, 0) is 204 Å². The molecular formula is C93H155N10O43P. The van der Waals surface area contributed by atoms with Crippen molar-refractivity contribution in [2.24, 2.45) is 0 Å². The molecule has 0 aromatic heterocycles. The van der Waals surface area contributed by atoms with E-state index >= 15 is 0 Å². The number of nitrogens with zero attached hydrogens (tertiary/aromatic N) is 2. The molecule has 1 unspecified atom stereocenters. The highest BCUT2D eigenvalue weighted by atomic mass is 31.2. The molecule has 840 valence electrons. The van der Waals surface area contributed by atoms with Gasteiger partial charge in [0.1, 0.15) is 88.2 Å². The van der Waals surface area contributed by atoms with Gasteiger partial charge in [0.25, 0.3) is 8.53 Å². The zero-order valence-corrected chi connectivity index (χ0v) is 88.0. The van der Waals surface area contributed by atoms with Crippen molar-refractivity contribution in [2.45, 2.75) is 298 Å². The monoisotopic (exact) mass is 2130 g/mol. The summed E-state index contributed by atoms with van der Waals surface area (Å²) in [6, 6.07) is -3.60. The molecule has 3 rings (SSSR count). The van der Waals surface area contributed by atoms with Crippen LogP contribution in [0.25, 0.3) is 0 Å². The molecule has 0 bridgehead atoms. The van der Waals surface area contributed by atoms with E-state index in [4.69, 9.17) is 128 Å². The maximum absolute atomic E-state index is 14.6. The maximum Gasteiger partial charge on any atom is 0.303 e. The summed E-state index contributed by atoms with van der Waals surface area (Å²) in [6.45, 7) is 20.7. The minimum absolute atomic E-state index is 0.00662. The average molecular weight is 2130 g/mol. The first kappa shape index (κ1) is 131. The van der Waals surface area contributed by atoms with Crippen molar-refractivity contribution in [3.8, 4) is 6.07 Å². The van der Waals surface area contributed by atoms with Gasteiger partial charge < -0.3 is 165 Å². The third-order valence-electron chi connectivity index (χ3n) is 20.7. The number of esters is 9. The molecule has 3 saturated heterocycles. The lowest BCUT2D eigenvalue weighted by Crippen LogP contribution is -2.66. The van der Waals surface area contributed by atoms with Gasteiger partial charge in [0.15, 0.2) is 55.5 Å². The predicted molar refractivity (Wildman–Crippen MR) is 507 cm³/mol. The Morgan fingerprint density at radius 1 is 0.313 bits per heavy atom. The molecule has 54 heteroatoms. The van der Waals surface area contributed by atoms with Gasteiger partial charge in [-0.3, -0.25) is 81.5 Å². The summed E-state index contributed by atoms with van der Waals surface area (Å²) in [5, 5.41) is 31.1. The van der Waals surface area contributed by atoms with Crippen molar-refractivity contribution in [3.63, 3.8) is 0 Å². The minimum atomic E-state index is -1.44. The number of rotatable bonds is 79. The van der Waals surface area contributed by atoms with Crippen LogP contribution in [-0.4, -0.2) is 413 Å². The molecule has 3 aliphatic heterocycles. The van der Waals surface area contributed by atoms with Crippen LogP contribution in [0.5, 0.6) is 0 Å². The van der Waals surface area contributed by atoms with Gasteiger partial charge in [0, 0.05) is 115 Å². The second kappa shape index (κ2) is 77.5. The summed E-state index contributed by atoms with van der Waals surface area (Å²) in [5.74, 6) is -11.2. The Bertz CT molecular complexity index is 3980. The molecule has 0 aliphatic carbocycles. The molecule has 0 radical (unpaired) electrons. The van der Waals surface area contributed by atoms with Crippen LogP contribution >= 0.6 is 8.53 Å². The van der Waals surface area contributed by atoms with E-state index in [2.05, 4.69) is 53.3 Å². The number of hydrogen-bond acceptors (Lipinski definition) is 45. The summed E-state index contributed by atoms with van der Waals surface area (Å²) >= 11 is 0. The van der Waals surface area contributed by atoms with E-state index in [1.165, 1.54) is 20.8 Å². The Morgan fingerprint density at radius 2 is 0.599 bits per heavy atom. The number of amides is 8. The highest BCUT2D eigenvalue weighted by Crippen LogP contribution is 2.46. The maximum atomic E-state index is 14.6. The number of unbranched alkanes of at least 4 members (excludes halogenated alkanes) is 5. The SMILES string of the molecule is CC(=O)N[C@H]1[C@H](OCCOCCOCCOCC(=O)NCCCC[C@H](NC(=O)[C@@H](CCCCNC(=O)COCCOCCOCCO[C@@H]2O[C@H](COC(C)=O)[C@H](OC(C)=O)[C@H](OC(C)=O)[C@H]2NC(C)=O)NC(=O)COCCOCCOCCO[C@@H]2O[C@H](COC(C)=O)[C@H](OC(C)=O)[C@H](OC(C)=O)[C@H]2NC(C)=O)C(=O)NCCCCCCOP(OCCC#N)N(C(C)C)C(C)C)O[C@H](COC(C)=O)[C@H](OC(C)=O)[C@@H]1OC(C)=O. The van der Waals surface area contributed by atoms with Gasteiger partial charge >= 0.3 is 53.7 Å². The van der Waals surface area contributed by atoms with Crippen LogP contribution in [0.2, 0.25) is 0 Å². The molecule has 0 spiro atoms. The number of hydrogen-bond donors (Lipinski definition) is 8. The Kier molecular flexibility index (Phi) is 69.3. The van der Waals surface area contributed by atoms with E-state index in [-0.39, 0.29) is 196 Å². The highest BCUT2D eigenvalue weighted by Gasteiger charge is 2.55. The van der Waals surface area contributed by atoms with Crippen molar-refractivity contribution in [2.75, 3.05) is 191 Å². The fourth-order valence-electron chi connectivity index (χ4n) is 14.7. The van der Waals surface area contributed by atoms with Gasteiger partial charge in [-0.05, 0) is 79.1 Å². The molecule has 3 fully saturated rings. The summed E-state index contributed by atoms with van der Waals surface area (Å²) in [5.41, 5.74) is 0. The van der Waals surface area contributed by atoms with Crippen LogP contribution in [0.4, 0.5) is 0 Å². The summed E-state index contributed by atoms with van der Waals surface area (Å²) < 4.78 is 149. The van der Waals surface area contributed by atoms with E-state index < -0.39 is 240 Å². The molecule has 8 amide bonds. The van der Waals surface area contributed by atoms with Crippen molar-refractivity contribution in [1.82, 2.24) is 47.2 Å². The number of ether oxygens (including phenoxy) is 24. The topological polar surface area (TPSA) is 653 Å². The Balaban J connectivity index is 1.68. The number of carbonyl (C=O) groups is 17. The van der Waals surface area contributed by atoms with Crippen LogP contribution < -0.4 is 42.5 Å². The number of carbonyl (C=O) groups excluding carboxylic acids is 17. The minimum Gasteiger partial charge on any atom is -0.463 e. The standard InChI is InChI=1S/C93H155N10O43P/c1-58(2)103(59(3)4)147(137-33-25-28-94)136-32-24-18-17-21-31-97-89(119)72(26-19-22-29-95-77(116)55-127-43-40-121-34-37-124-46-49-130-91-80(98-60(5)104)86(141-69(14)113)83(138-66(11)110)74(144-91)52-133-63(8)107)102-90(120)73(101-79(118)57-129-45-42-123-36-39-126-48-51-132-93-82(100-62(7)106)88(143-71(16)115)85(140-68(13)112)76(146-93)54-135-65(10)109)27-20-23-30-96-78(117)56-128-44-41-122-35-38-125-47-50-131-92-81(99-61(6)105)87(142-70(15)114)84(139-67(12)111)75(145-92)53-134-64(9)108/h58-59,72-76,80-88,91-93H,17-27,29-57H2,1-16H3,(H,95,116)(H,96,117)(H,97,119)(H,98,104)(H,99,105)(H,100,106)(H,101,118)(H,102,120)/t72-,73+,74+,75+,76+,80+,81+,82+,83-,84-,85-,86+,87+,88+,91+,92+,93+,147?/m0/s1. The Morgan fingerprint density at radius 3 is 0.912 bits per heavy atom. The molecular weight excluding hydrogens is 1980 g/mol. The Hall–Kier alpha value is -9.81. The fraction of sp³-hybridized carbons (Fsp3) is 0.806. The molecule has 0 saturated carbocycles. The van der Waals surface area contributed by atoms with Crippen LogP contribution in [0.3, 0.4) is 0 Å². The van der Waals surface area contributed by atoms with E-state index in [0.717, 1.165) is 68.7 Å². The van der Waals surface area contributed by atoms with Gasteiger partial charge in [0.2, 0.25) is 47.3 Å².